The second kappa shape index (κ2) is 5.86. The summed E-state index contributed by atoms with van der Waals surface area (Å²) in [6.45, 7) is 1.87. The SMILES string of the molecule is CC(=O)c1cccc(NC(=O)NCc2ccoc2)c1. The Bertz CT molecular complexity index is 576. The number of amides is 2. The molecule has 1 aromatic carbocycles. The summed E-state index contributed by atoms with van der Waals surface area (Å²) in [4.78, 5) is 22.9. The Balaban J connectivity index is 1.91. The molecule has 0 radical (unpaired) electrons. The van der Waals surface area contributed by atoms with E-state index >= 15 is 0 Å². The van der Waals surface area contributed by atoms with Gasteiger partial charge in [0.1, 0.15) is 0 Å². The fraction of sp³-hybridized carbons (Fsp3) is 0.143. The molecule has 0 aliphatic rings. The van der Waals surface area contributed by atoms with Gasteiger partial charge in [0, 0.05) is 23.4 Å². The van der Waals surface area contributed by atoms with Crippen LogP contribution in [0.2, 0.25) is 0 Å². The number of rotatable bonds is 4. The first-order valence-electron chi connectivity index (χ1n) is 5.82. The van der Waals surface area contributed by atoms with Crippen molar-refractivity contribution in [3.05, 3.63) is 54.0 Å². The standard InChI is InChI=1S/C14H14N2O3/c1-10(17)12-3-2-4-13(7-12)16-14(18)15-8-11-5-6-19-9-11/h2-7,9H,8H2,1H3,(H2,15,16,18). The molecule has 0 spiro atoms. The molecule has 5 heteroatoms. The Hall–Kier alpha value is -2.56. The van der Waals surface area contributed by atoms with Gasteiger partial charge in [0.15, 0.2) is 5.78 Å². The molecule has 2 N–H and O–H groups in total. The maximum atomic E-state index is 11.7. The van der Waals surface area contributed by atoms with Crippen molar-refractivity contribution in [2.45, 2.75) is 13.5 Å². The fourth-order valence-corrected chi connectivity index (χ4v) is 1.57. The summed E-state index contributed by atoms with van der Waals surface area (Å²) < 4.78 is 4.90. The second-order valence-corrected chi connectivity index (χ2v) is 4.08. The third-order valence-electron chi connectivity index (χ3n) is 2.56. The minimum atomic E-state index is -0.332. The van der Waals surface area contributed by atoms with E-state index in [0.717, 1.165) is 5.56 Å². The van der Waals surface area contributed by atoms with E-state index in [1.165, 1.54) is 6.92 Å². The molecule has 0 aliphatic heterocycles. The van der Waals surface area contributed by atoms with Crippen LogP contribution < -0.4 is 10.6 Å². The van der Waals surface area contributed by atoms with Gasteiger partial charge in [-0.3, -0.25) is 4.79 Å². The van der Waals surface area contributed by atoms with Gasteiger partial charge in [0.25, 0.3) is 0 Å². The molecule has 1 heterocycles. The highest BCUT2D eigenvalue weighted by Gasteiger charge is 2.04. The quantitative estimate of drug-likeness (QED) is 0.828. The summed E-state index contributed by atoms with van der Waals surface area (Å²) in [5.74, 6) is -0.0394. The number of carbonyl (C=O) groups is 2. The molecule has 0 atom stereocenters. The molecular weight excluding hydrogens is 244 g/mol. The van der Waals surface area contributed by atoms with Gasteiger partial charge >= 0.3 is 6.03 Å². The van der Waals surface area contributed by atoms with Gasteiger partial charge in [-0.1, -0.05) is 12.1 Å². The van der Waals surface area contributed by atoms with E-state index in [-0.39, 0.29) is 11.8 Å². The first-order valence-corrected chi connectivity index (χ1v) is 5.82. The van der Waals surface area contributed by atoms with Gasteiger partial charge < -0.3 is 15.1 Å². The van der Waals surface area contributed by atoms with Crippen LogP contribution >= 0.6 is 0 Å². The van der Waals surface area contributed by atoms with Crippen molar-refractivity contribution in [3.63, 3.8) is 0 Å². The summed E-state index contributed by atoms with van der Waals surface area (Å²) >= 11 is 0. The van der Waals surface area contributed by atoms with Crippen LogP contribution in [0.4, 0.5) is 10.5 Å². The Morgan fingerprint density at radius 1 is 1.26 bits per heavy atom. The maximum absolute atomic E-state index is 11.7. The van der Waals surface area contributed by atoms with Crippen molar-refractivity contribution in [2.75, 3.05) is 5.32 Å². The first kappa shape index (κ1) is 12.9. The van der Waals surface area contributed by atoms with Crippen molar-refractivity contribution in [2.24, 2.45) is 0 Å². The van der Waals surface area contributed by atoms with E-state index < -0.39 is 0 Å². The summed E-state index contributed by atoms with van der Waals surface area (Å²) in [6, 6.07) is 8.24. The van der Waals surface area contributed by atoms with Crippen LogP contribution in [0.5, 0.6) is 0 Å². The summed E-state index contributed by atoms with van der Waals surface area (Å²) in [5, 5.41) is 5.35. The molecule has 0 fully saturated rings. The van der Waals surface area contributed by atoms with Crippen molar-refractivity contribution in [3.8, 4) is 0 Å². The second-order valence-electron chi connectivity index (χ2n) is 4.08. The number of hydrogen-bond donors (Lipinski definition) is 2. The third kappa shape index (κ3) is 3.70. The predicted octanol–water partition coefficient (Wildman–Crippen LogP) is 2.80. The van der Waals surface area contributed by atoms with Crippen LogP contribution in [-0.4, -0.2) is 11.8 Å². The van der Waals surface area contributed by atoms with Gasteiger partial charge in [0.2, 0.25) is 0 Å². The zero-order chi connectivity index (χ0) is 13.7. The molecule has 0 unspecified atom stereocenters. The Kier molecular flexibility index (Phi) is 3.97. The van der Waals surface area contributed by atoms with Gasteiger partial charge in [-0.05, 0) is 25.1 Å². The average Bonchev–Trinajstić information content (AvgIpc) is 2.90. The zero-order valence-corrected chi connectivity index (χ0v) is 10.5. The lowest BCUT2D eigenvalue weighted by Crippen LogP contribution is -2.28. The highest BCUT2D eigenvalue weighted by Crippen LogP contribution is 2.11. The number of furan rings is 1. The number of ketones is 1. The lowest BCUT2D eigenvalue weighted by molar-refractivity contribution is 0.101. The number of hydrogen-bond acceptors (Lipinski definition) is 3. The van der Waals surface area contributed by atoms with Crippen LogP contribution in [0.25, 0.3) is 0 Å². The van der Waals surface area contributed by atoms with Gasteiger partial charge in [-0.15, -0.1) is 0 Å². The van der Waals surface area contributed by atoms with Crippen molar-refractivity contribution >= 4 is 17.5 Å². The van der Waals surface area contributed by atoms with Crippen molar-refractivity contribution in [1.82, 2.24) is 5.32 Å². The maximum Gasteiger partial charge on any atom is 0.319 e. The predicted molar refractivity (Wildman–Crippen MR) is 71.0 cm³/mol. The Morgan fingerprint density at radius 3 is 2.79 bits per heavy atom. The lowest BCUT2D eigenvalue weighted by atomic mass is 10.1. The molecule has 19 heavy (non-hydrogen) atoms. The number of urea groups is 1. The lowest BCUT2D eigenvalue weighted by Gasteiger charge is -2.07. The Morgan fingerprint density at radius 2 is 2.11 bits per heavy atom. The monoisotopic (exact) mass is 258 g/mol. The highest BCUT2D eigenvalue weighted by molar-refractivity contribution is 5.96. The zero-order valence-electron chi connectivity index (χ0n) is 10.5. The summed E-state index contributed by atoms with van der Waals surface area (Å²) in [7, 11) is 0. The van der Waals surface area contributed by atoms with Crippen molar-refractivity contribution in [1.29, 1.82) is 0 Å². The molecule has 2 aromatic rings. The molecular formula is C14H14N2O3. The molecule has 0 saturated carbocycles. The number of anilines is 1. The normalized spacial score (nSPS) is 9.95. The first-order chi connectivity index (χ1) is 9.15. The molecule has 2 rings (SSSR count). The minimum absolute atomic E-state index is 0.0394. The number of benzene rings is 1. The van der Waals surface area contributed by atoms with E-state index in [2.05, 4.69) is 10.6 Å². The van der Waals surface area contributed by atoms with Crippen LogP contribution in [0.15, 0.2) is 47.3 Å². The van der Waals surface area contributed by atoms with Crippen LogP contribution in [0.3, 0.4) is 0 Å². The van der Waals surface area contributed by atoms with Gasteiger partial charge in [-0.2, -0.15) is 0 Å². The number of Topliss-reactive ketones (excluding diaryl/α,β-unsaturated/α-hetero) is 1. The molecule has 0 bridgehead atoms. The van der Waals surface area contributed by atoms with Gasteiger partial charge in [0.05, 0.1) is 12.5 Å². The Labute approximate surface area is 110 Å². The summed E-state index contributed by atoms with van der Waals surface area (Å²) in [6.07, 6.45) is 3.11. The van der Waals surface area contributed by atoms with E-state index in [0.29, 0.717) is 17.8 Å². The average molecular weight is 258 g/mol. The molecule has 1 aromatic heterocycles. The number of nitrogens with one attached hydrogen (secondary N) is 2. The summed E-state index contributed by atoms with van der Waals surface area (Å²) in [5.41, 5.74) is 2.03. The van der Waals surface area contributed by atoms with Crippen LogP contribution in [0, 0.1) is 0 Å². The molecule has 0 saturated heterocycles. The molecule has 0 aliphatic carbocycles. The minimum Gasteiger partial charge on any atom is -0.472 e. The largest absolute Gasteiger partial charge is 0.472 e. The fourth-order valence-electron chi connectivity index (χ4n) is 1.57. The van der Waals surface area contributed by atoms with Crippen LogP contribution in [0.1, 0.15) is 22.8 Å². The topological polar surface area (TPSA) is 71.3 Å². The molecule has 5 nitrogen and oxygen atoms in total. The van der Waals surface area contributed by atoms with E-state index in [1.54, 1.807) is 42.9 Å². The van der Waals surface area contributed by atoms with Gasteiger partial charge in [-0.25, -0.2) is 4.79 Å². The number of carbonyl (C=O) groups excluding carboxylic acids is 2. The third-order valence-corrected chi connectivity index (χ3v) is 2.56. The van der Waals surface area contributed by atoms with Crippen molar-refractivity contribution < 1.29 is 14.0 Å². The molecule has 98 valence electrons. The van der Waals surface area contributed by atoms with E-state index in [1.807, 2.05) is 0 Å². The van der Waals surface area contributed by atoms with Crippen LogP contribution in [-0.2, 0) is 6.54 Å². The molecule has 2 amide bonds. The van der Waals surface area contributed by atoms with E-state index in [9.17, 15) is 9.59 Å². The highest BCUT2D eigenvalue weighted by atomic mass is 16.3. The smallest absolute Gasteiger partial charge is 0.319 e. The van der Waals surface area contributed by atoms with E-state index in [4.69, 9.17) is 4.42 Å².